The maximum atomic E-state index is 12.5. The first kappa shape index (κ1) is 48.7. The molecule has 3 N–H and O–H groups in total. The molecule has 0 aromatic carbocycles. The molecule has 0 fully saturated rings. The summed E-state index contributed by atoms with van der Waals surface area (Å²) in [7, 11) is -4.63. The van der Waals surface area contributed by atoms with E-state index in [0.717, 1.165) is 64.2 Å². The molecule has 0 rings (SSSR count). The summed E-state index contributed by atoms with van der Waals surface area (Å²) in [4.78, 5) is 34.8. The minimum atomic E-state index is -4.63. The monoisotopic (exact) mass is 740 g/mol. The molecule has 51 heavy (non-hydrogen) atoms. The van der Waals surface area contributed by atoms with Gasteiger partial charge in [0.2, 0.25) is 0 Å². The van der Waals surface area contributed by atoms with E-state index in [2.05, 4.69) is 67.0 Å². The second kappa shape index (κ2) is 36.0. The topological polar surface area (TPSA) is 149 Å². The summed E-state index contributed by atoms with van der Waals surface area (Å²) in [5.74, 6) is -1.04. The molecule has 0 heterocycles. The van der Waals surface area contributed by atoms with Gasteiger partial charge in [-0.15, -0.1) is 0 Å². The number of carbonyl (C=O) groups excluding carboxylic acids is 2. The van der Waals surface area contributed by atoms with Crippen molar-refractivity contribution < 1.29 is 47.8 Å². The Bertz CT molecular complexity index is 1040. The van der Waals surface area contributed by atoms with E-state index in [4.69, 9.17) is 19.1 Å². The van der Waals surface area contributed by atoms with Crippen LogP contribution in [0.2, 0.25) is 0 Å². The predicted octanol–water partition coefficient (Wildman–Crippen LogP) is 9.55. The Morgan fingerprint density at radius 3 is 1.71 bits per heavy atom. The van der Waals surface area contributed by atoms with Gasteiger partial charge < -0.3 is 24.6 Å². The summed E-state index contributed by atoms with van der Waals surface area (Å²) in [6.07, 6.45) is 37.8. The highest BCUT2D eigenvalue weighted by atomic mass is 31.2. The van der Waals surface area contributed by atoms with Gasteiger partial charge in [-0.2, -0.15) is 0 Å². The summed E-state index contributed by atoms with van der Waals surface area (Å²) < 4.78 is 32.5. The van der Waals surface area contributed by atoms with Gasteiger partial charge in [0, 0.05) is 12.8 Å². The van der Waals surface area contributed by atoms with E-state index in [-0.39, 0.29) is 19.4 Å². The first-order chi connectivity index (χ1) is 24.7. The molecule has 0 aliphatic heterocycles. The third kappa shape index (κ3) is 35.8. The lowest BCUT2D eigenvalue weighted by Gasteiger charge is -2.20. The summed E-state index contributed by atoms with van der Waals surface area (Å²) in [6, 6.07) is 0. The van der Waals surface area contributed by atoms with Gasteiger partial charge in [0.25, 0.3) is 0 Å². The Balaban J connectivity index is 4.48. The minimum absolute atomic E-state index is 0.0591. The van der Waals surface area contributed by atoms with Crippen LogP contribution in [0.15, 0.2) is 60.8 Å². The molecule has 10 nitrogen and oxygen atoms in total. The molecule has 11 heteroatoms. The van der Waals surface area contributed by atoms with Gasteiger partial charge >= 0.3 is 19.8 Å². The number of hydrogen-bond donors (Lipinski definition) is 3. The Labute approximate surface area is 308 Å². The van der Waals surface area contributed by atoms with Crippen LogP contribution < -0.4 is 0 Å². The molecule has 0 saturated heterocycles. The smallest absolute Gasteiger partial charge is 0.462 e. The molecular formula is C40H69O10P. The highest BCUT2D eigenvalue weighted by Crippen LogP contribution is 2.43. The van der Waals surface area contributed by atoms with Crippen LogP contribution in [0.1, 0.15) is 142 Å². The quantitative estimate of drug-likeness (QED) is 0.0248. The van der Waals surface area contributed by atoms with Crippen LogP contribution in [0.4, 0.5) is 0 Å². The van der Waals surface area contributed by atoms with Gasteiger partial charge in [-0.1, -0.05) is 126 Å². The molecule has 0 aromatic rings. The van der Waals surface area contributed by atoms with E-state index in [0.29, 0.717) is 12.8 Å². The van der Waals surface area contributed by atoms with E-state index < -0.39 is 51.8 Å². The number of esters is 2. The molecular weight excluding hydrogens is 671 g/mol. The molecule has 0 aliphatic rings. The predicted molar refractivity (Wildman–Crippen MR) is 205 cm³/mol. The van der Waals surface area contributed by atoms with Crippen molar-refractivity contribution in [2.24, 2.45) is 0 Å². The van der Waals surface area contributed by atoms with Crippen molar-refractivity contribution in [3.05, 3.63) is 60.8 Å². The number of phosphoric acid groups is 1. The summed E-state index contributed by atoms with van der Waals surface area (Å²) in [6.45, 7) is 2.14. The van der Waals surface area contributed by atoms with Crippen LogP contribution in [0.25, 0.3) is 0 Å². The second-order valence-corrected chi connectivity index (χ2v) is 14.0. The zero-order valence-electron chi connectivity index (χ0n) is 31.5. The van der Waals surface area contributed by atoms with Crippen molar-refractivity contribution >= 4 is 19.8 Å². The van der Waals surface area contributed by atoms with E-state index >= 15 is 0 Å². The Morgan fingerprint density at radius 1 is 0.608 bits per heavy atom. The number of ether oxygens (including phenoxy) is 2. The third-order valence-corrected chi connectivity index (χ3v) is 8.62. The highest BCUT2D eigenvalue weighted by Gasteiger charge is 2.27. The maximum Gasteiger partial charge on any atom is 0.472 e. The summed E-state index contributed by atoms with van der Waals surface area (Å²) in [5, 5.41) is 18.3. The molecule has 0 amide bonds. The van der Waals surface area contributed by atoms with E-state index in [1.807, 2.05) is 12.2 Å². The van der Waals surface area contributed by atoms with Crippen LogP contribution >= 0.6 is 7.82 Å². The average molecular weight is 741 g/mol. The fourth-order valence-corrected chi connectivity index (χ4v) is 5.50. The molecule has 0 aromatic heterocycles. The van der Waals surface area contributed by atoms with Crippen LogP contribution in [-0.4, -0.2) is 65.7 Å². The summed E-state index contributed by atoms with van der Waals surface area (Å²) >= 11 is 0. The SMILES string of the molecule is CC/C=C\C/C=C\C/C=C\C/C=C\CCC(=O)OC(COC(=O)CCCCCCC/C=C\CCCCCCCC)COP(=O)(O)OCC(O)CO. The van der Waals surface area contributed by atoms with E-state index in [1.165, 1.54) is 38.5 Å². The number of phosphoric ester groups is 1. The van der Waals surface area contributed by atoms with Crippen LogP contribution in [0.5, 0.6) is 0 Å². The Morgan fingerprint density at radius 2 is 1.12 bits per heavy atom. The molecule has 294 valence electrons. The van der Waals surface area contributed by atoms with Gasteiger partial charge in [-0.3, -0.25) is 18.6 Å². The number of aliphatic hydroxyl groups is 2. The lowest BCUT2D eigenvalue weighted by Crippen LogP contribution is -2.29. The van der Waals surface area contributed by atoms with E-state index in [9.17, 15) is 24.2 Å². The van der Waals surface area contributed by atoms with Crippen LogP contribution in [0.3, 0.4) is 0 Å². The first-order valence-electron chi connectivity index (χ1n) is 19.2. The Kier molecular flexibility index (Phi) is 34.4. The molecule has 0 aliphatic carbocycles. The number of rotatable bonds is 35. The normalized spacial score (nSPS) is 14.7. The lowest BCUT2D eigenvalue weighted by molar-refractivity contribution is -0.161. The Hall–Kier alpha value is -2.33. The minimum Gasteiger partial charge on any atom is -0.462 e. The van der Waals surface area contributed by atoms with Crippen LogP contribution in [-0.2, 0) is 32.7 Å². The number of allylic oxidation sites excluding steroid dienone is 10. The van der Waals surface area contributed by atoms with Crippen molar-refractivity contribution in [2.45, 2.75) is 154 Å². The van der Waals surface area contributed by atoms with Crippen molar-refractivity contribution in [1.29, 1.82) is 0 Å². The largest absolute Gasteiger partial charge is 0.472 e. The first-order valence-corrected chi connectivity index (χ1v) is 20.7. The van der Waals surface area contributed by atoms with Gasteiger partial charge in [-0.05, 0) is 64.2 Å². The van der Waals surface area contributed by atoms with Crippen molar-refractivity contribution in [3.63, 3.8) is 0 Å². The van der Waals surface area contributed by atoms with Gasteiger partial charge in [-0.25, -0.2) is 4.57 Å². The van der Waals surface area contributed by atoms with Crippen molar-refractivity contribution in [2.75, 3.05) is 26.4 Å². The van der Waals surface area contributed by atoms with Gasteiger partial charge in [0.15, 0.2) is 6.10 Å². The number of unbranched alkanes of at least 4 members (excludes halogenated alkanes) is 11. The van der Waals surface area contributed by atoms with Crippen molar-refractivity contribution in [1.82, 2.24) is 0 Å². The molecule has 0 radical (unpaired) electrons. The molecule has 0 spiro atoms. The summed E-state index contributed by atoms with van der Waals surface area (Å²) in [5.41, 5.74) is 0. The van der Waals surface area contributed by atoms with Crippen LogP contribution in [0, 0.1) is 0 Å². The van der Waals surface area contributed by atoms with E-state index in [1.54, 1.807) is 0 Å². The second-order valence-electron chi connectivity index (χ2n) is 12.6. The molecule has 3 atom stereocenters. The molecule has 0 saturated carbocycles. The third-order valence-electron chi connectivity index (χ3n) is 7.67. The fourth-order valence-electron chi connectivity index (χ4n) is 4.71. The lowest BCUT2D eigenvalue weighted by atomic mass is 10.1. The fraction of sp³-hybridized carbons (Fsp3) is 0.700. The molecule has 0 bridgehead atoms. The van der Waals surface area contributed by atoms with Crippen molar-refractivity contribution in [3.8, 4) is 0 Å². The number of hydrogen-bond acceptors (Lipinski definition) is 9. The molecule has 3 unspecified atom stereocenters. The zero-order valence-corrected chi connectivity index (χ0v) is 32.4. The number of aliphatic hydroxyl groups excluding tert-OH is 2. The highest BCUT2D eigenvalue weighted by molar-refractivity contribution is 7.47. The average Bonchev–Trinajstić information content (AvgIpc) is 3.12. The number of carbonyl (C=O) groups is 2. The maximum absolute atomic E-state index is 12.5. The standard InChI is InChI=1S/C40H69O10P/c1-3-5-7-9-11-13-15-17-18-20-21-23-25-27-29-31-39(43)47-35-38(36-49-51(45,46)48-34-37(42)33-41)50-40(44)32-30-28-26-24-22-19-16-14-12-10-8-6-4-2/h6,8,12,14,17-19,22,26,28,37-38,41-42H,3-5,7,9-11,13,15-16,20-21,23-25,27,29-36H2,1-2H3,(H,45,46)/b8-6-,14-12-,18-17-,22-19-,28-26-. The zero-order chi connectivity index (χ0) is 37.7. The van der Waals surface area contributed by atoms with Gasteiger partial charge in [0.1, 0.15) is 12.7 Å². The van der Waals surface area contributed by atoms with Gasteiger partial charge in [0.05, 0.1) is 19.8 Å².